The van der Waals surface area contributed by atoms with Gasteiger partial charge in [0.05, 0.1) is 17.0 Å². The standard InChI is InChI=1S/C19H16N2O5S/c22-18-16-7-2-1-6-14(16)15-8-9-21(11-17(15)20-18)27(25,26)13-5-3-4-12(10-13)19(23)24/h1-7,10H,8-9,11H2,(H,20,22)(H,23,24). The van der Waals surface area contributed by atoms with Gasteiger partial charge >= 0.3 is 5.97 Å². The predicted octanol–water partition coefficient (Wildman–Crippen LogP) is 1.97. The van der Waals surface area contributed by atoms with Crippen LogP contribution in [-0.2, 0) is 23.0 Å². The zero-order chi connectivity index (χ0) is 19.2. The van der Waals surface area contributed by atoms with Crippen LogP contribution in [0.25, 0.3) is 10.8 Å². The summed E-state index contributed by atoms with van der Waals surface area (Å²) in [6.07, 6.45) is 0.463. The topological polar surface area (TPSA) is 108 Å². The van der Waals surface area contributed by atoms with E-state index in [9.17, 15) is 18.0 Å². The van der Waals surface area contributed by atoms with Crippen LogP contribution in [0, 0.1) is 0 Å². The summed E-state index contributed by atoms with van der Waals surface area (Å²) < 4.78 is 27.2. The van der Waals surface area contributed by atoms with E-state index in [1.165, 1.54) is 22.5 Å². The van der Waals surface area contributed by atoms with Crippen molar-refractivity contribution in [3.05, 3.63) is 75.7 Å². The molecular formula is C19H16N2O5S. The smallest absolute Gasteiger partial charge is 0.335 e. The van der Waals surface area contributed by atoms with E-state index in [0.717, 1.165) is 17.0 Å². The Kier molecular flexibility index (Phi) is 4.09. The van der Waals surface area contributed by atoms with Gasteiger partial charge in [0.2, 0.25) is 10.0 Å². The summed E-state index contributed by atoms with van der Waals surface area (Å²) in [4.78, 5) is 26.2. The molecule has 0 amide bonds. The number of benzene rings is 2. The molecule has 8 heteroatoms. The quantitative estimate of drug-likeness (QED) is 0.718. The molecule has 1 aromatic heterocycles. The molecule has 27 heavy (non-hydrogen) atoms. The number of aromatic carboxylic acids is 1. The first-order chi connectivity index (χ1) is 12.9. The number of fused-ring (bicyclic) bond motifs is 3. The number of pyridine rings is 1. The van der Waals surface area contributed by atoms with Crippen LogP contribution in [-0.4, -0.2) is 35.3 Å². The summed E-state index contributed by atoms with van der Waals surface area (Å²) in [6, 6.07) is 12.5. The van der Waals surface area contributed by atoms with Gasteiger partial charge in [0, 0.05) is 17.6 Å². The third kappa shape index (κ3) is 2.92. The fourth-order valence-electron chi connectivity index (χ4n) is 3.44. The number of rotatable bonds is 3. The molecular weight excluding hydrogens is 368 g/mol. The molecule has 0 unspecified atom stereocenters. The summed E-state index contributed by atoms with van der Waals surface area (Å²) in [6.45, 7) is 0.289. The predicted molar refractivity (Wildman–Crippen MR) is 99.3 cm³/mol. The van der Waals surface area contributed by atoms with Gasteiger partial charge in [-0.15, -0.1) is 0 Å². The fraction of sp³-hybridized carbons (Fsp3) is 0.158. The lowest BCUT2D eigenvalue weighted by Gasteiger charge is -2.28. The molecule has 0 aliphatic carbocycles. The highest BCUT2D eigenvalue weighted by molar-refractivity contribution is 7.89. The van der Waals surface area contributed by atoms with Crippen molar-refractivity contribution in [2.45, 2.75) is 17.9 Å². The first-order valence-corrected chi connectivity index (χ1v) is 9.78. The van der Waals surface area contributed by atoms with Crippen LogP contribution in [0.3, 0.4) is 0 Å². The average molecular weight is 384 g/mol. The van der Waals surface area contributed by atoms with E-state index in [1.54, 1.807) is 12.1 Å². The van der Waals surface area contributed by atoms with Crippen molar-refractivity contribution < 1.29 is 18.3 Å². The second kappa shape index (κ2) is 6.33. The number of hydrogen-bond acceptors (Lipinski definition) is 4. The zero-order valence-electron chi connectivity index (χ0n) is 14.2. The number of carbonyl (C=O) groups is 1. The minimum Gasteiger partial charge on any atom is -0.478 e. The largest absolute Gasteiger partial charge is 0.478 e. The fourth-order valence-corrected chi connectivity index (χ4v) is 4.90. The highest BCUT2D eigenvalue weighted by Crippen LogP contribution is 2.27. The van der Waals surface area contributed by atoms with Crippen molar-refractivity contribution in [2.24, 2.45) is 0 Å². The summed E-state index contributed by atoms with van der Waals surface area (Å²) in [5, 5.41) is 10.5. The zero-order valence-corrected chi connectivity index (χ0v) is 15.0. The second-order valence-electron chi connectivity index (χ2n) is 6.38. The molecule has 0 atom stereocenters. The Hall–Kier alpha value is -2.97. The normalized spacial score (nSPS) is 14.8. The van der Waals surface area contributed by atoms with Crippen molar-refractivity contribution in [1.82, 2.24) is 9.29 Å². The third-order valence-corrected chi connectivity index (χ3v) is 6.63. The number of sulfonamides is 1. The maximum Gasteiger partial charge on any atom is 0.335 e. The molecule has 0 bridgehead atoms. The molecule has 1 aliphatic rings. The number of carboxylic acids is 1. The Morgan fingerprint density at radius 2 is 1.81 bits per heavy atom. The van der Waals surface area contributed by atoms with Gasteiger partial charge in [-0.3, -0.25) is 4.79 Å². The molecule has 3 aromatic rings. The SMILES string of the molecule is O=C(O)c1cccc(S(=O)(=O)N2CCc3c([nH]c(=O)c4ccccc34)C2)c1. The number of hydrogen-bond donors (Lipinski definition) is 2. The monoisotopic (exact) mass is 384 g/mol. The number of H-pyrrole nitrogens is 1. The van der Waals surface area contributed by atoms with Gasteiger partial charge in [0.25, 0.3) is 5.56 Å². The van der Waals surface area contributed by atoms with Crippen LogP contribution in [0.1, 0.15) is 21.6 Å². The van der Waals surface area contributed by atoms with Gasteiger partial charge in [-0.1, -0.05) is 24.3 Å². The highest BCUT2D eigenvalue weighted by Gasteiger charge is 2.30. The number of carboxylic acid groups (broad SMARTS) is 1. The molecule has 0 saturated heterocycles. The first kappa shape index (κ1) is 17.4. The number of nitrogens with one attached hydrogen (secondary N) is 1. The third-order valence-electron chi connectivity index (χ3n) is 4.79. The maximum absolute atomic E-state index is 13.0. The Bertz CT molecular complexity index is 1230. The van der Waals surface area contributed by atoms with Gasteiger partial charge in [-0.05, 0) is 41.6 Å². The molecule has 0 radical (unpaired) electrons. The Morgan fingerprint density at radius 1 is 1.07 bits per heavy atom. The van der Waals surface area contributed by atoms with E-state index < -0.39 is 16.0 Å². The molecule has 0 saturated carbocycles. The van der Waals surface area contributed by atoms with Crippen molar-refractivity contribution in [2.75, 3.05) is 6.54 Å². The first-order valence-electron chi connectivity index (χ1n) is 8.34. The molecule has 0 spiro atoms. The molecule has 2 aromatic carbocycles. The van der Waals surface area contributed by atoms with E-state index in [1.807, 2.05) is 12.1 Å². The van der Waals surface area contributed by atoms with Gasteiger partial charge in [0.15, 0.2) is 0 Å². The lowest BCUT2D eigenvalue weighted by atomic mass is 9.99. The molecule has 7 nitrogen and oxygen atoms in total. The van der Waals surface area contributed by atoms with Crippen LogP contribution in [0.15, 0.2) is 58.2 Å². The van der Waals surface area contributed by atoms with Gasteiger partial charge in [-0.2, -0.15) is 4.31 Å². The molecule has 2 heterocycles. The number of aromatic nitrogens is 1. The Morgan fingerprint density at radius 3 is 2.56 bits per heavy atom. The molecule has 1 aliphatic heterocycles. The van der Waals surface area contributed by atoms with Gasteiger partial charge in [0.1, 0.15) is 0 Å². The summed E-state index contributed by atoms with van der Waals surface area (Å²) in [5.41, 5.74) is 1.17. The van der Waals surface area contributed by atoms with Crippen molar-refractivity contribution in [3.63, 3.8) is 0 Å². The maximum atomic E-state index is 13.0. The summed E-state index contributed by atoms with van der Waals surface area (Å²) in [7, 11) is -3.88. The lowest BCUT2D eigenvalue weighted by molar-refractivity contribution is 0.0696. The van der Waals surface area contributed by atoms with Crippen LogP contribution in [0.4, 0.5) is 0 Å². The minimum atomic E-state index is -3.88. The molecule has 0 fully saturated rings. The van der Waals surface area contributed by atoms with Crippen LogP contribution < -0.4 is 5.56 Å². The van der Waals surface area contributed by atoms with Gasteiger partial charge < -0.3 is 10.1 Å². The molecule has 138 valence electrons. The number of nitrogens with zero attached hydrogens (tertiary/aromatic N) is 1. The lowest BCUT2D eigenvalue weighted by Crippen LogP contribution is -2.37. The van der Waals surface area contributed by atoms with Crippen LogP contribution in [0.5, 0.6) is 0 Å². The van der Waals surface area contributed by atoms with E-state index in [0.29, 0.717) is 17.5 Å². The van der Waals surface area contributed by atoms with E-state index in [4.69, 9.17) is 5.11 Å². The Balaban J connectivity index is 1.75. The molecule has 2 N–H and O–H groups in total. The van der Waals surface area contributed by atoms with Crippen molar-refractivity contribution in [3.8, 4) is 0 Å². The van der Waals surface area contributed by atoms with Crippen LogP contribution in [0.2, 0.25) is 0 Å². The van der Waals surface area contributed by atoms with E-state index >= 15 is 0 Å². The number of aromatic amines is 1. The minimum absolute atomic E-state index is 0.0367. The van der Waals surface area contributed by atoms with Crippen LogP contribution >= 0.6 is 0 Å². The Labute approximate surface area is 154 Å². The summed E-state index contributed by atoms with van der Waals surface area (Å²) >= 11 is 0. The molecule has 4 rings (SSSR count). The second-order valence-corrected chi connectivity index (χ2v) is 8.32. The van der Waals surface area contributed by atoms with Crippen molar-refractivity contribution in [1.29, 1.82) is 0 Å². The summed E-state index contributed by atoms with van der Waals surface area (Å²) in [5.74, 6) is -1.19. The van der Waals surface area contributed by atoms with E-state index in [2.05, 4.69) is 4.98 Å². The average Bonchev–Trinajstić information content (AvgIpc) is 2.68. The highest BCUT2D eigenvalue weighted by atomic mass is 32.2. The van der Waals surface area contributed by atoms with Crippen molar-refractivity contribution >= 4 is 26.8 Å². The van der Waals surface area contributed by atoms with Gasteiger partial charge in [-0.25, -0.2) is 13.2 Å². The van der Waals surface area contributed by atoms with E-state index in [-0.39, 0.29) is 29.1 Å².